The molecule has 1 aliphatic heterocycles. The summed E-state index contributed by atoms with van der Waals surface area (Å²) < 4.78 is 6.41. The fourth-order valence-corrected chi connectivity index (χ4v) is 3.98. The molecular formula is C24H23ClN4O4. The Hall–Kier alpha value is -3.65. The number of aromatic nitrogens is 2. The Bertz CT molecular complexity index is 1190. The molecule has 2 aromatic carbocycles. The third kappa shape index (κ3) is 4.34. The average Bonchev–Trinajstić information content (AvgIpc) is 3.24. The van der Waals surface area contributed by atoms with Crippen molar-refractivity contribution in [3.05, 3.63) is 82.6 Å². The first-order valence-electron chi connectivity index (χ1n) is 10.5. The van der Waals surface area contributed by atoms with Gasteiger partial charge >= 0.3 is 5.97 Å². The van der Waals surface area contributed by atoms with Crippen molar-refractivity contribution in [2.75, 3.05) is 11.5 Å². The van der Waals surface area contributed by atoms with Gasteiger partial charge in [-0.2, -0.15) is 5.10 Å². The molecule has 1 aromatic heterocycles. The van der Waals surface area contributed by atoms with Gasteiger partial charge in [-0.15, -0.1) is 0 Å². The SMILES string of the molecule is CCOC(=O)c1cc2n(n1)C[C@](C)(C(=O)NCc1ccccc1)N(c1ccc(Cl)cc1)C2=O. The number of fused-ring (bicyclic) bond motifs is 1. The topological polar surface area (TPSA) is 93.5 Å². The first-order valence-corrected chi connectivity index (χ1v) is 10.9. The number of halogens is 1. The van der Waals surface area contributed by atoms with Crippen LogP contribution < -0.4 is 10.2 Å². The molecule has 1 N–H and O–H groups in total. The van der Waals surface area contributed by atoms with Crippen LogP contribution in [0.25, 0.3) is 0 Å². The molecule has 0 saturated carbocycles. The van der Waals surface area contributed by atoms with E-state index in [2.05, 4.69) is 10.4 Å². The van der Waals surface area contributed by atoms with Gasteiger partial charge in [0.1, 0.15) is 11.2 Å². The molecule has 2 amide bonds. The Morgan fingerprint density at radius 2 is 1.85 bits per heavy atom. The molecule has 2 heterocycles. The Labute approximate surface area is 196 Å². The van der Waals surface area contributed by atoms with E-state index in [1.165, 1.54) is 15.6 Å². The van der Waals surface area contributed by atoms with Crippen LogP contribution in [0.2, 0.25) is 5.02 Å². The summed E-state index contributed by atoms with van der Waals surface area (Å²) in [4.78, 5) is 40.7. The number of benzene rings is 2. The molecule has 0 radical (unpaired) electrons. The van der Waals surface area contributed by atoms with Crippen LogP contribution in [0, 0.1) is 0 Å². The number of amides is 2. The van der Waals surface area contributed by atoms with Crippen LogP contribution in [-0.2, 0) is 22.6 Å². The minimum atomic E-state index is -1.31. The van der Waals surface area contributed by atoms with Gasteiger partial charge in [-0.1, -0.05) is 41.9 Å². The molecule has 3 aromatic rings. The van der Waals surface area contributed by atoms with Crippen LogP contribution in [-0.4, -0.2) is 39.7 Å². The first-order chi connectivity index (χ1) is 15.8. The van der Waals surface area contributed by atoms with Crippen LogP contribution in [0.4, 0.5) is 5.69 Å². The minimum Gasteiger partial charge on any atom is -0.461 e. The molecule has 170 valence electrons. The van der Waals surface area contributed by atoms with Gasteiger partial charge in [-0.3, -0.25) is 19.2 Å². The van der Waals surface area contributed by atoms with Crippen molar-refractivity contribution in [2.45, 2.75) is 32.5 Å². The largest absolute Gasteiger partial charge is 0.461 e. The number of nitrogens with one attached hydrogen (secondary N) is 1. The molecule has 9 heteroatoms. The van der Waals surface area contributed by atoms with E-state index in [0.29, 0.717) is 17.3 Å². The maximum absolute atomic E-state index is 13.6. The fourth-order valence-electron chi connectivity index (χ4n) is 3.85. The molecule has 1 atom stereocenters. The average molecular weight is 467 g/mol. The number of anilines is 1. The monoisotopic (exact) mass is 466 g/mol. The number of hydrogen-bond acceptors (Lipinski definition) is 5. The Morgan fingerprint density at radius 3 is 2.52 bits per heavy atom. The number of rotatable bonds is 6. The van der Waals surface area contributed by atoms with Crippen LogP contribution in [0.1, 0.15) is 40.4 Å². The standard InChI is InChI=1S/C24H23ClN4O4/c1-3-33-22(31)19-13-20-21(30)29(18-11-9-17(25)10-12-18)24(2,15-28(20)27-19)23(32)26-14-16-7-5-4-6-8-16/h4-13H,3,14-15H2,1-2H3,(H,26,32)/t24-/m1/s1. The third-order valence-electron chi connectivity index (χ3n) is 5.51. The molecule has 0 saturated heterocycles. The van der Waals surface area contributed by atoms with Crippen molar-refractivity contribution in [1.29, 1.82) is 0 Å². The second kappa shape index (κ2) is 9.07. The molecule has 0 fully saturated rings. The normalized spacial score (nSPS) is 17.4. The second-order valence-electron chi connectivity index (χ2n) is 7.85. The maximum Gasteiger partial charge on any atom is 0.358 e. The summed E-state index contributed by atoms with van der Waals surface area (Å²) in [6.07, 6.45) is 0. The van der Waals surface area contributed by atoms with Crippen molar-refractivity contribution < 1.29 is 19.1 Å². The van der Waals surface area contributed by atoms with Crippen molar-refractivity contribution in [3.8, 4) is 0 Å². The molecule has 4 rings (SSSR count). The third-order valence-corrected chi connectivity index (χ3v) is 5.76. The van der Waals surface area contributed by atoms with Gasteiger partial charge in [-0.25, -0.2) is 4.79 Å². The summed E-state index contributed by atoms with van der Waals surface area (Å²) in [6.45, 7) is 3.91. The lowest BCUT2D eigenvalue weighted by atomic mass is 9.94. The molecular weight excluding hydrogens is 444 g/mol. The van der Waals surface area contributed by atoms with E-state index >= 15 is 0 Å². The number of carbonyl (C=O) groups is 3. The quantitative estimate of drug-likeness (QED) is 0.561. The van der Waals surface area contributed by atoms with Gasteiger partial charge in [0.2, 0.25) is 5.91 Å². The summed E-state index contributed by atoms with van der Waals surface area (Å²) in [5.74, 6) is -1.43. The lowest BCUT2D eigenvalue weighted by Gasteiger charge is -2.43. The number of ether oxygens (including phenoxy) is 1. The highest BCUT2D eigenvalue weighted by Crippen LogP contribution is 2.33. The highest BCUT2D eigenvalue weighted by Gasteiger charge is 2.49. The lowest BCUT2D eigenvalue weighted by molar-refractivity contribution is -0.126. The first kappa shape index (κ1) is 22.5. The van der Waals surface area contributed by atoms with E-state index in [-0.39, 0.29) is 30.4 Å². The number of hydrogen-bond donors (Lipinski definition) is 1. The van der Waals surface area contributed by atoms with Gasteiger partial charge in [0, 0.05) is 23.3 Å². The van der Waals surface area contributed by atoms with Gasteiger partial charge < -0.3 is 10.1 Å². The summed E-state index contributed by atoms with van der Waals surface area (Å²) >= 11 is 6.04. The van der Waals surface area contributed by atoms with Crippen LogP contribution in [0.5, 0.6) is 0 Å². The summed E-state index contributed by atoms with van der Waals surface area (Å²) in [7, 11) is 0. The van der Waals surface area contributed by atoms with Crippen molar-refractivity contribution in [2.24, 2.45) is 0 Å². The molecule has 0 aliphatic carbocycles. The maximum atomic E-state index is 13.6. The lowest BCUT2D eigenvalue weighted by Crippen LogP contribution is -2.64. The number of nitrogens with zero attached hydrogens (tertiary/aromatic N) is 3. The highest BCUT2D eigenvalue weighted by molar-refractivity contribution is 6.30. The summed E-state index contributed by atoms with van der Waals surface area (Å²) in [6, 6.07) is 17.6. The van der Waals surface area contributed by atoms with E-state index in [0.717, 1.165) is 5.56 Å². The smallest absolute Gasteiger partial charge is 0.358 e. The van der Waals surface area contributed by atoms with Crippen molar-refractivity contribution in [3.63, 3.8) is 0 Å². The van der Waals surface area contributed by atoms with E-state index < -0.39 is 17.4 Å². The zero-order valence-electron chi connectivity index (χ0n) is 18.2. The second-order valence-corrected chi connectivity index (χ2v) is 8.29. The fraction of sp³-hybridized carbons (Fsp3) is 0.250. The highest BCUT2D eigenvalue weighted by atomic mass is 35.5. The number of esters is 1. The Morgan fingerprint density at radius 1 is 1.15 bits per heavy atom. The number of carbonyl (C=O) groups excluding carboxylic acids is 3. The van der Waals surface area contributed by atoms with E-state index in [9.17, 15) is 14.4 Å². The molecule has 0 bridgehead atoms. The summed E-state index contributed by atoms with van der Waals surface area (Å²) in [5.41, 5.74) is 0.336. The van der Waals surface area contributed by atoms with Crippen molar-refractivity contribution >= 4 is 35.1 Å². The molecule has 1 aliphatic rings. The molecule has 0 unspecified atom stereocenters. The predicted octanol–water partition coefficient (Wildman–Crippen LogP) is 3.45. The van der Waals surface area contributed by atoms with Crippen LogP contribution in [0.15, 0.2) is 60.7 Å². The van der Waals surface area contributed by atoms with E-state index in [1.54, 1.807) is 38.1 Å². The van der Waals surface area contributed by atoms with Gasteiger partial charge in [0.15, 0.2) is 5.69 Å². The Kier molecular flexibility index (Phi) is 6.20. The molecule has 8 nitrogen and oxygen atoms in total. The van der Waals surface area contributed by atoms with Crippen LogP contribution in [0.3, 0.4) is 0 Å². The van der Waals surface area contributed by atoms with E-state index in [1.807, 2.05) is 30.3 Å². The minimum absolute atomic E-state index is 0.0187. The van der Waals surface area contributed by atoms with Crippen molar-refractivity contribution in [1.82, 2.24) is 15.1 Å². The predicted molar refractivity (Wildman–Crippen MR) is 123 cm³/mol. The zero-order chi connectivity index (χ0) is 23.6. The van der Waals surface area contributed by atoms with E-state index in [4.69, 9.17) is 16.3 Å². The zero-order valence-corrected chi connectivity index (χ0v) is 19.0. The van der Waals surface area contributed by atoms with Gasteiger partial charge in [-0.05, 0) is 43.7 Å². The van der Waals surface area contributed by atoms with Gasteiger partial charge in [0.25, 0.3) is 5.91 Å². The summed E-state index contributed by atoms with van der Waals surface area (Å²) in [5, 5.41) is 7.69. The molecule has 33 heavy (non-hydrogen) atoms. The van der Waals surface area contributed by atoms with Crippen LogP contribution >= 0.6 is 11.6 Å². The van der Waals surface area contributed by atoms with Gasteiger partial charge in [0.05, 0.1) is 13.2 Å². The molecule has 0 spiro atoms. The Balaban J connectivity index is 1.72.